The third kappa shape index (κ3) is 2.53. The molecule has 3 rings (SSSR count). The van der Waals surface area contributed by atoms with Crippen molar-refractivity contribution in [1.29, 1.82) is 0 Å². The Morgan fingerprint density at radius 2 is 2.00 bits per heavy atom. The van der Waals surface area contributed by atoms with E-state index in [1.54, 1.807) is 14.2 Å². The minimum absolute atomic E-state index is 0.516. The van der Waals surface area contributed by atoms with E-state index in [1.807, 2.05) is 25.1 Å². The maximum Gasteiger partial charge on any atom is 0.170 e. The standard InChI is InChI=1S/C16H18N2O2S/c1-9-13(17-15(10-7-8-10)18-16(9)21)11-5-4-6-12(19-2)14(11)20-3/h4-6,10H,7-8H2,1-3H3,(H,17,18,21). The van der Waals surface area contributed by atoms with Crippen molar-refractivity contribution >= 4 is 12.2 Å². The molecule has 1 aliphatic carbocycles. The molecule has 5 heteroatoms. The van der Waals surface area contributed by atoms with Crippen LogP contribution in [0.1, 0.15) is 30.1 Å². The van der Waals surface area contributed by atoms with Gasteiger partial charge in [0.15, 0.2) is 11.5 Å². The van der Waals surface area contributed by atoms with Crippen LogP contribution in [0, 0.1) is 11.6 Å². The van der Waals surface area contributed by atoms with Crippen LogP contribution in [-0.2, 0) is 0 Å². The van der Waals surface area contributed by atoms with Gasteiger partial charge in [-0.1, -0.05) is 18.3 Å². The summed E-state index contributed by atoms with van der Waals surface area (Å²) in [6, 6.07) is 5.84. The van der Waals surface area contributed by atoms with E-state index in [9.17, 15) is 0 Å². The highest BCUT2D eigenvalue weighted by Gasteiger charge is 2.27. The summed E-state index contributed by atoms with van der Waals surface area (Å²) < 4.78 is 11.6. The average molecular weight is 302 g/mol. The number of para-hydroxylation sites is 1. The van der Waals surface area contributed by atoms with E-state index >= 15 is 0 Å². The summed E-state index contributed by atoms with van der Waals surface area (Å²) in [7, 11) is 3.28. The number of H-pyrrole nitrogens is 1. The molecule has 1 aliphatic rings. The van der Waals surface area contributed by atoms with Crippen molar-refractivity contribution < 1.29 is 9.47 Å². The van der Waals surface area contributed by atoms with Crippen molar-refractivity contribution in [2.75, 3.05) is 14.2 Å². The fourth-order valence-electron chi connectivity index (χ4n) is 2.45. The van der Waals surface area contributed by atoms with Crippen LogP contribution in [0.15, 0.2) is 18.2 Å². The summed E-state index contributed by atoms with van der Waals surface area (Å²) in [5, 5.41) is 0. The maximum absolute atomic E-state index is 5.53. The van der Waals surface area contributed by atoms with Crippen molar-refractivity contribution in [3.63, 3.8) is 0 Å². The predicted molar refractivity (Wildman–Crippen MR) is 84.7 cm³/mol. The maximum atomic E-state index is 5.53. The lowest BCUT2D eigenvalue weighted by atomic mass is 10.1. The molecule has 1 aromatic carbocycles. The molecular weight excluding hydrogens is 284 g/mol. The van der Waals surface area contributed by atoms with Crippen molar-refractivity contribution in [1.82, 2.24) is 9.97 Å². The molecule has 0 atom stereocenters. The highest BCUT2D eigenvalue weighted by molar-refractivity contribution is 7.71. The van der Waals surface area contributed by atoms with Gasteiger partial charge in [-0.05, 0) is 31.9 Å². The zero-order chi connectivity index (χ0) is 15.0. The van der Waals surface area contributed by atoms with Gasteiger partial charge in [0, 0.05) is 17.0 Å². The number of hydrogen-bond acceptors (Lipinski definition) is 4. The molecule has 0 aliphatic heterocycles. The van der Waals surface area contributed by atoms with E-state index in [0.717, 1.165) is 22.6 Å². The van der Waals surface area contributed by atoms with Crippen molar-refractivity contribution in [2.24, 2.45) is 0 Å². The molecule has 110 valence electrons. The third-order valence-corrected chi connectivity index (χ3v) is 4.20. The van der Waals surface area contributed by atoms with Crippen molar-refractivity contribution in [3.05, 3.63) is 34.2 Å². The second-order valence-electron chi connectivity index (χ2n) is 5.24. The smallest absolute Gasteiger partial charge is 0.170 e. The highest BCUT2D eigenvalue weighted by Crippen LogP contribution is 2.41. The molecule has 0 saturated heterocycles. The Morgan fingerprint density at radius 3 is 2.62 bits per heavy atom. The van der Waals surface area contributed by atoms with Gasteiger partial charge in [-0.2, -0.15) is 0 Å². The summed E-state index contributed by atoms with van der Waals surface area (Å²) in [5.41, 5.74) is 2.87. The lowest BCUT2D eigenvalue weighted by Gasteiger charge is -2.15. The topological polar surface area (TPSA) is 47.1 Å². The molecule has 21 heavy (non-hydrogen) atoms. The van der Waals surface area contributed by atoms with E-state index in [-0.39, 0.29) is 0 Å². The third-order valence-electron chi connectivity index (χ3n) is 3.81. The Kier molecular flexibility index (Phi) is 3.68. The normalized spacial score (nSPS) is 14.0. The number of aromatic nitrogens is 2. The first-order valence-electron chi connectivity index (χ1n) is 6.98. The van der Waals surface area contributed by atoms with Gasteiger partial charge in [0.2, 0.25) is 0 Å². The van der Waals surface area contributed by atoms with E-state index < -0.39 is 0 Å². The molecule has 0 bridgehead atoms. The van der Waals surface area contributed by atoms with E-state index in [2.05, 4.69) is 9.97 Å². The minimum atomic E-state index is 0.516. The first-order valence-corrected chi connectivity index (χ1v) is 7.38. The number of benzene rings is 1. The summed E-state index contributed by atoms with van der Waals surface area (Å²) in [6.45, 7) is 1.98. The van der Waals surface area contributed by atoms with Crippen LogP contribution in [-0.4, -0.2) is 24.2 Å². The van der Waals surface area contributed by atoms with E-state index in [0.29, 0.717) is 22.1 Å². The monoisotopic (exact) mass is 302 g/mol. The molecule has 1 N–H and O–H groups in total. The number of hydrogen-bond donors (Lipinski definition) is 1. The summed E-state index contributed by atoms with van der Waals surface area (Å²) in [5.74, 6) is 2.91. The van der Waals surface area contributed by atoms with Crippen LogP contribution >= 0.6 is 12.2 Å². The van der Waals surface area contributed by atoms with Crippen LogP contribution in [0.25, 0.3) is 11.3 Å². The highest BCUT2D eigenvalue weighted by atomic mass is 32.1. The lowest BCUT2D eigenvalue weighted by molar-refractivity contribution is 0.356. The summed E-state index contributed by atoms with van der Waals surface area (Å²) >= 11 is 5.41. The Balaban J connectivity index is 2.22. The van der Waals surface area contributed by atoms with Gasteiger partial charge in [-0.3, -0.25) is 0 Å². The molecular formula is C16H18N2O2S. The van der Waals surface area contributed by atoms with Gasteiger partial charge < -0.3 is 14.5 Å². The number of rotatable bonds is 4. The lowest BCUT2D eigenvalue weighted by Crippen LogP contribution is -2.01. The Bertz CT molecular complexity index is 736. The number of nitrogens with zero attached hydrogens (tertiary/aromatic N) is 1. The fraction of sp³-hybridized carbons (Fsp3) is 0.375. The molecule has 1 saturated carbocycles. The van der Waals surface area contributed by atoms with Gasteiger partial charge in [0.05, 0.1) is 19.9 Å². The van der Waals surface area contributed by atoms with Crippen molar-refractivity contribution in [3.8, 4) is 22.8 Å². The Hall–Kier alpha value is -1.88. The molecule has 2 aromatic rings. The van der Waals surface area contributed by atoms with Crippen LogP contribution in [0.5, 0.6) is 11.5 Å². The second kappa shape index (κ2) is 5.48. The number of nitrogens with one attached hydrogen (secondary N) is 1. The van der Waals surface area contributed by atoms with Crippen LogP contribution in [0.3, 0.4) is 0 Å². The molecule has 0 radical (unpaired) electrons. The second-order valence-corrected chi connectivity index (χ2v) is 5.63. The number of ether oxygens (including phenoxy) is 2. The first kappa shape index (κ1) is 14.1. The van der Waals surface area contributed by atoms with E-state index in [1.165, 1.54) is 12.8 Å². The molecule has 4 nitrogen and oxygen atoms in total. The zero-order valence-corrected chi connectivity index (χ0v) is 13.2. The van der Waals surface area contributed by atoms with Gasteiger partial charge in [-0.25, -0.2) is 4.98 Å². The van der Waals surface area contributed by atoms with Gasteiger partial charge in [0.25, 0.3) is 0 Å². The molecule has 0 spiro atoms. The van der Waals surface area contributed by atoms with Crippen molar-refractivity contribution in [2.45, 2.75) is 25.7 Å². The van der Waals surface area contributed by atoms with Crippen LogP contribution < -0.4 is 9.47 Å². The Labute approximate surface area is 129 Å². The predicted octanol–water partition coefficient (Wildman–Crippen LogP) is 4.01. The molecule has 1 fully saturated rings. The quantitative estimate of drug-likeness (QED) is 0.867. The average Bonchev–Trinajstić information content (AvgIpc) is 3.33. The van der Waals surface area contributed by atoms with E-state index in [4.69, 9.17) is 21.7 Å². The number of methoxy groups -OCH3 is 2. The number of aromatic amines is 1. The van der Waals surface area contributed by atoms with Crippen LogP contribution in [0.2, 0.25) is 0 Å². The largest absolute Gasteiger partial charge is 0.493 e. The minimum Gasteiger partial charge on any atom is -0.493 e. The SMILES string of the molecule is COc1cccc(-c2[nH]c(C3CC3)nc(=S)c2C)c1OC. The molecule has 1 aromatic heterocycles. The first-order chi connectivity index (χ1) is 10.2. The van der Waals surface area contributed by atoms with Gasteiger partial charge in [0.1, 0.15) is 10.5 Å². The molecule has 0 unspecified atom stereocenters. The molecule has 1 heterocycles. The Morgan fingerprint density at radius 1 is 1.24 bits per heavy atom. The van der Waals surface area contributed by atoms with Gasteiger partial charge >= 0.3 is 0 Å². The van der Waals surface area contributed by atoms with Crippen LogP contribution in [0.4, 0.5) is 0 Å². The summed E-state index contributed by atoms with van der Waals surface area (Å²) in [4.78, 5) is 7.95. The van der Waals surface area contributed by atoms with Gasteiger partial charge in [-0.15, -0.1) is 0 Å². The fourth-order valence-corrected chi connectivity index (χ4v) is 2.65. The summed E-state index contributed by atoms with van der Waals surface area (Å²) in [6.07, 6.45) is 2.35. The zero-order valence-electron chi connectivity index (χ0n) is 12.4. The molecule has 0 amide bonds.